The van der Waals surface area contributed by atoms with E-state index in [1.165, 1.54) is 0 Å². The number of hydrogen-bond donors (Lipinski definition) is 1. The summed E-state index contributed by atoms with van der Waals surface area (Å²) in [6, 6.07) is 2.00. The van der Waals surface area contributed by atoms with Gasteiger partial charge in [-0.1, -0.05) is 27.7 Å². The van der Waals surface area contributed by atoms with Gasteiger partial charge in [-0.3, -0.25) is 4.68 Å². The first-order valence-corrected chi connectivity index (χ1v) is 7.60. The molecule has 5 nitrogen and oxygen atoms in total. The number of nitrogens with one attached hydrogen (secondary N) is 1. The van der Waals surface area contributed by atoms with Crippen LogP contribution in [-0.4, -0.2) is 26.3 Å². The molecule has 1 N–H and O–H groups in total. The fraction of sp³-hybridized carbons (Fsp3) is 0.562. The lowest BCUT2D eigenvalue weighted by molar-refractivity contribution is 0.546. The first kappa shape index (κ1) is 15.5. The summed E-state index contributed by atoms with van der Waals surface area (Å²) in [6.07, 6.45) is 4.96. The Kier molecular flexibility index (Phi) is 4.60. The van der Waals surface area contributed by atoms with E-state index in [4.69, 9.17) is 4.98 Å². The highest BCUT2D eigenvalue weighted by Gasteiger charge is 2.19. The lowest BCUT2D eigenvalue weighted by Gasteiger charge is -2.18. The summed E-state index contributed by atoms with van der Waals surface area (Å²) in [5, 5.41) is 7.69. The van der Waals surface area contributed by atoms with Gasteiger partial charge in [-0.15, -0.1) is 0 Å². The third-order valence-corrected chi connectivity index (χ3v) is 3.21. The van der Waals surface area contributed by atoms with E-state index in [1.54, 1.807) is 0 Å². The molecule has 21 heavy (non-hydrogen) atoms. The van der Waals surface area contributed by atoms with Crippen LogP contribution < -0.4 is 5.32 Å². The van der Waals surface area contributed by atoms with E-state index >= 15 is 0 Å². The minimum Gasteiger partial charge on any atom is -0.370 e. The molecule has 0 unspecified atom stereocenters. The monoisotopic (exact) mass is 287 g/mol. The Morgan fingerprint density at radius 2 is 1.95 bits per heavy atom. The second-order valence-corrected chi connectivity index (χ2v) is 6.22. The maximum absolute atomic E-state index is 4.73. The molecule has 0 amide bonds. The predicted octanol–water partition coefficient (Wildman–Crippen LogP) is 3.48. The van der Waals surface area contributed by atoms with Gasteiger partial charge >= 0.3 is 0 Å². The van der Waals surface area contributed by atoms with Gasteiger partial charge in [-0.25, -0.2) is 9.97 Å². The summed E-state index contributed by atoms with van der Waals surface area (Å²) in [5.41, 5.74) is 1.87. The van der Waals surface area contributed by atoms with E-state index in [2.05, 4.69) is 50.0 Å². The van der Waals surface area contributed by atoms with Crippen LogP contribution >= 0.6 is 0 Å². The zero-order valence-corrected chi connectivity index (χ0v) is 13.6. The average Bonchev–Trinajstić information content (AvgIpc) is 2.93. The van der Waals surface area contributed by atoms with Gasteiger partial charge in [0.2, 0.25) is 0 Å². The summed E-state index contributed by atoms with van der Waals surface area (Å²) >= 11 is 0. The van der Waals surface area contributed by atoms with Crippen LogP contribution in [0.4, 0.5) is 5.82 Å². The van der Waals surface area contributed by atoms with E-state index in [0.717, 1.165) is 42.4 Å². The predicted molar refractivity (Wildman–Crippen MR) is 86.4 cm³/mol. The quantitative estimate of drug-likeness (QED) is 0.914. The maximum atomic E-state index is 4.73. The molecule has 0 saturated heterocycles. The molecule has 2 heterocycles. The molecule has 2 rings (SSSR count). The molecule has 2 aromatic rings. The summed E-state index contributed by atoms with van der Waals surface area (Å²) in [4.78, 5) is 9.37. The Morgan fingerprint density at radius 3 is 2.52 bits per heavy atom. The highest BCUT2D eigenvalue weighted by atomic mass is 15.3. The van der Waals surface area contributed by atoms with Crippen LogP contribution in [0.1, 0.15) is 46.9 Å². The fourth-order valence-electron chi connectivity index (χ4n) is 1.94. The molecule has 0 atom stereocenters. The Morgan fingerprint density at radius 1 is 1.19 bits per heavy atom. The molecule has 0 aliphatic heterocycles. The highest BCUT2D eigenvalue weighted by Crippen LogP contribution is 2.25. The summed E-state index contributed by atoms with van der Waals surface area (Å²) in [5.74, 6) is 1.74. The van der Waals surface area contributed by atoms with Crippen LogP contribution in [0, 0.1) is 0 Å². The molecule has 114 valence electrons. The molecule has 0 spiro atoms. The number of anilines is 1. The number of rotatable bonds is 5. The molecule has 2 aromatic heterocycles. The van der Waals surface area contributed by atoms with Gasteiger partial charge in [0.05, 0.1) is 11.9 Å². The summed E-state index contributed by atoms with van der Waals surface area (Å²) in [6.45, 7) is 12.4. The Bertz CT molecular complexity index is 595. The van der Waals surface area contributed by atoms with Crippen LogP contribution in [0.5, 0.6) is 0 Å². The minimum atomic E-state index is -0.0839. The average molecular weight is 287 g/mol. The zero-order valence-electron chi connectivity index (χ0n) is 13.6. The van der Waals surface area contributed by atoms with E-state index in [-0.39, 0.29) is 5.41 Å². The Labute approximate surface area is 126 Å². The molecule has 5 heteroatoms. The molecule has 0 aliphatic rings. The van der Waals surface area contributed by atoms with Crippen LogP contribution in [0.25, 0.3) is 11.3 Å². The van der Waals surface area contributed by atoms with Crippen LogP contribution in [0.15, 0.2) is 18.5 Å². The van der Waals surface area contributed by atoms with Crippen LogP contribution in [0.2, 0.25) is 0 Å². The third kappa shape index (κ3) is 3.80. The van der Waals surface area contributed by atoms with Crippen molar-refractivity contribution >= 4 is 5.82 Å². The van der Waals surface area contributed by atoms with E-state index in [9.17, 15) is 0 Å². The fourth-order valence-corrected chi connectivity index (χ4v) is 1.94. The normalized spacial score (nSPS) is 11.7. The van der Waals surface area contributed by atoms with Gasteiger partial charge in [-0.2, -0.15) is 5.10 Å². The zero-order chi connectivity index (χ0) is 15.5. The van der Waals surface area contributed by atoms with Crippen molar-refractivity contribution in [3.05, 3.63) is 24.3 Å². The SMILES string of the molecule is CCCNc1cc(-c2cnn(CC)c2)nc(C(C)(C)C)n1. The van der Waals surface area contributed by atoms with E-state index < -0.39 is 0 Å². The van der Waals surface area contributed by atoms with Crippen LogP contribution in [-0.2, 0) is 12.0 Å². The van der Waals surface area contributed by atoms with Crippen molar-refractivity contribution in [1.29, 1.82) is 0 Å². The number of nitrogens with zero attached hydrogens (tertiary/aromatic N) is 4. The maximum Gasteiger partial charge on any atom is 0.136 e. The molecule has 0 bridgehead atoms. The summed E-state index contributed by atoms with van der Waals surface area (Å²) in [7, 11) is 0. The highest BCUT2D eigenvalue weighted by molar-refractivity contribution is 5.61. The van der Waals surface area contributed by atoms with Gasteiger partial charge in [0.15, 0.2) is 0 Å². The van der Waals surface area contributed by atoms with Gasteiger partial charge in [0.25, 0.3) is 0 Å². The second kappa shape index (κ2) is 6.24. The van der Waals surface area contributed by atoms with Gasteiger partial charge in [0, 0.05) is 36.3 Å². The van der Waals surface area contributed by atoms with Gasteiger partial charge < -0.3 is 5.32 Å². The van der Waals surface area contributed by atoms with Crippen molar-refractivity contribution in [3.8, 4) is 11.3 Å². The first-order valence-electron chi connectivity index (χ1n) is 7.60. The molecule has 0 fully saturated rings. The van der Waals surface area contributed by atoms with E-state index in [1.807, 2.05) is 23.1 Å². The lowest BCUT2D eigenvalue weighted by atomic mass is 9.95. The van der Waals surface area contributed by atoms with Crippen molar-refractivity contribution in [2.75, 3.05) is 11.9 Å². The molecule has 0 aliphatic carbocycles. The van der Waals surface area contributed by atoms with Crippen molar-refractivity contribution in [2.45, 2.75) is 53.0 Å². The lowest BCUT2D eigenvalue weighted by Crippen LogP contribution is -2.18. The smallest absolute Gasteiger partial charge is 0.136 e. The second-order valence-electron chi connectivity index (χ2n) is 6.22. The number of aryl methyl sites for hydroxylation is 1. The summed E-state index contributed by atoms with van der Waals surface area (Å²) < 4.78 is 1.91. The Hall–Kier alpha value is -1.91. The van der Waals surface area contributed by atoms with Crippen molar-refractivity contribution in [3.63, 3.8) is 0 Å². The molecule has 0 aromatic carbocycles. The van der Waals surface area contributed by atoms with Gasteiger partial charge in [-0.05, 0) is 13.3 Å². The Balaban J connectivity index is 2.43. The largest absolute Gasteiger partial charge is 0.370 e. The molecule has 0 saturated carbocycles. The molecular weight excluding hydrogens is 262 g/mol. The third-order valence-electron chi connectivity index (χ3n) is 3.21. The molecular formula is C16H25N5. The minimum absolute atomic E-state index is 0.0839. The van der Waals surface area contributed by atoms with Crippen molar-refractivity contribution in [2.24, 2.45) is 0 Å². The van der Waals surface area contributed by atoms with E-state index in [0.29, 0.717) is 0 Å². The standard InChI is InChI=1S/C16H25N5/c1-6-8-17-14-9-13(12-10-18-21(7-2)11-12)19-15(20-14)16(3,4)5/h9-11H,6-8H2,1-5H3,(H,17,19,20). The number of aromatic nitrogens is 4. The number of hydrogen-bond acceptors (Lipinski definition) is 4. The van der Waals surface area contributed by atoms with Crippen LogP contribution in [0.3, 0.4) is 0 Å². The van der Waals surface area contributed by atoms with Crippen molar-refractivity contribution < 1.29 is 0 Å². The molecule has 0 radical (unpaired) electrons. The first-order chi connectivity index (χ1) is 9.94. The van der Waals surface area contributed by atoms with Crippen molar-refractivity contribution in [1.82, 2.24) is 19.7 Å². The van der Waals surface area contributed by atoms with Gasteiger partial charge in [0.1, 0.15) is 11.6 Å². The topological polar surface area (TPSA) is 55.6 Å².